The Morgan fingerprint density at radius 2 is 2.44 bits per heavy atom. The lowest BCUT2D eigenvalue weighted by Gasteiger charge is -2.14. The summed E-state index contributed by atoms with van der Waals surface area (Å²) in [6, 6.07) is 0. The highest BCUT2D eigenvalue weighted by atomic mass is 14.9. The van der Waals surface area contributed by atoms with E-state index in [1.165, 1.54) is 17.4 Å². The Balaban J connectivity index is 2.70. The van der Waals surface area contributed by atoms with Gasteiger partial charge in [-0.2, -0.15) is 0 Å². The summed E-state index contributed by atoms with van der Waals surface area (Å²) in [6.07, 6.45) is 2.49. The summed E-state index contributed by atoms with van der Waals surface area (Å²) in [5.41, 5.74) is 2.52. The molecule has 2 nitrogen and oxygen atoms in total. The monoisotopic (exact) mass is 124 g/mol. The molecule has 1 aliphatic rings. The van der Waals surface area contributed by atoms with Crippen LogP contribution in [-0.4, -0.2) is 19.3 Å². The van der Waals surface area contributed by atoms with Gasteiger partial charge in [0.25, 0.3) is 0 Å². The fourth-order valence-corrected chi connectivity index (χ4v) is 1.02. The molecule has 0 aromatic carbocycles. The first-order valence-corrected chi connectivity index (χ1v) is 3.24. The van der Waals surface area contributed by atoms with E-state index in [1.54, 1.807) is 0 Å². The Kier molecular flexibility index (Phi) is 2.01. The second-order valence-electron chi connectivity index (χ2n) is 2.38. The van der Waals surface area contributed by atoms with Gasteiger partial charge >= 0.3 is 0 Å². The van der Waals surface area contributed by atoms with Crippen molar-refractivity contribution in [3.63, 3.8) is 0 Å². The minimum Gasteiger partial charge on any atom is -0.313 e. The van der Waals surface area contributed by atoms with Crippen molar-refractivity contribution in [2.24, 2.45) is 0 Å². The van der Waals surface area contributed by atoms with E-state index in [1.807, 2.05) is 0 Å². The number of nitrogens with one attached hydrogen (secondary N) is 2. The van der Waals surface area contributed by atoms with Crippen molar-refractivity contribution >= 4 is 6.21 Å². The van der Waals surface area contributed by atoms with E-state index in [0.717, 1.165) is 19.5 Å². The molecule has 0 aliphatic carbocycles. The van der Waals surface area contributed by atoms with Gasteiger partial charge in [0.05, 0.1) is 0 Å². The van der Waals surface area contributed by atoms with E-state index in [2.05, 4.69) is 12.2 Å². The van der Waals surface area contributed by atoms with E-state index in [-0.39, 0.29) is 0 Å². The summed E-state index contributed by atoms with van der Waals surface area (Å²) in [5.74, 6) is 0. The third-order valence-corrected chi connectivity index (χ3v) is 1.68. The molecule has 0 radical (unpaired) electrons. The topological polar surface area (TPSA) is 35.9 Å². The van der Waals surface area contributed by atoms with Gasteiger partial charge in [-0.15, -0.1) is 0 Å². The maximum absolute atomic E-state index is 7.02. The van der Waals surface area contributed by atoms with Gasteiger partial charge in [-0.1, -0.05) is 5.57 Å². The molecule has 2 heteroatoms. The molecule has 0 aromatic rings. The van der Waals surface area contributed by atoms with Crippen LogP contribution in [0.4, 0.5) is 0 Å². The quantitative estimate of drug-likeness (QED) is 0.501. The third-order valence-electron chi connectivity index (χ3n) is 1.68. The predicted molar refractivity (Wildman–Crippen MR) is 39.0 cm³/mol. The molecule has 0 spiro atoms. The van der Waals surface area contributed by atoms with Crippen molar-refractivity contribution in [3.05, 3.63) is 11.1 Å². The Morgan fingerprint density at radius 1 is 1.67 bits per heavy atom. The second kappa shape index (κ2) is 2.78. The van der Waals surface area contributed by atoms with Crippen molar-refractivity contribution in [1.29, 1.82) is 5.41 Å². The molecule has 0 amide bonds. The molecule has 0 fully saturated rings. The fourth-order valence-electron chi connectivity index (χ4n) is 1.02. The van der Waals surface area contributed by atoms with Crippen LogP contribution in [-0.2, 0) is 0 Å². The summed E-state index contributed by atoms with van der Waals surface area (Å²) >= 11 is 0. The molecule has 0 aromatic heterocycles. The lowest BCUT2D eigenvalue weighted by Crippen LogP contribution is -2.24. The zero-order valence-corrected chi connectivity index (χ0v) is 5.70. The van der Waals surface area contributed by atoms with E-state index >= 15 is 0 Å². The van der Waals surface area contributed by atoms with Gasteiger partial charge < -0.3 is 10.7 Å². The Morgan fingerprint density at radius 3 is 2.89 bits per heavy atom. The van der Waals surface area contributed by atoms with Gasteiger partial charge in [0.2, 0.25) is 0 Å². The highest BCUT2D eigenvalue weighted by Gasteiger charge is 2.04. The molecule has 0 bridgehead atoms. The molecule has 50 valence electrons. The van der Waals surface area contributed by atoms with Crippen molar-refractivity contribution in [2.45, 2.75) is 13.3 Å². The van der Waals surface area contributed by atoms with Crippen LogP contribution in [0.2, 0.25) is 0 Å². The summed E-state index contributed by atoms with van der Waals surface area (Å²) in [4.78, 5) is 0. The zero-order chi connectivity index (χ0) is 6.69. The average molecular weight is 124 g/mol. The number of rotatable bonds is 1. The molecule has 0 saturated heterocycles. The van der Waals surface area contributed by atoms with Crippen LogP contribution in [0.3, 0.4) is 0 Å². The molecule has 0 atom stereocenters. The van der Waals surface area contributed by atoms with Crippen molar-refractivity contribution in [3.8, 4) is 0 Å². The highest BCUT2D eigenvalue weighted by molar-refractivity contribution is 5.77. The van der Waals surface area contributed by atoms with E-state index in [4.69, 9.17) is 5.41 Å². The smallest absolute Gasteiger partial charge is 0.0210 e. The summed E-state index contributed by atoms with van der Waals surface area (Å²) in [6.45, 7) is 4.07. The minimum atomic E-state index is 0.963. The first kappa shape index (κ1) is 6.49. The lowest BCUT2D eigenvalue weighted by molar-refractivity contribution is 0.692. The molecule has 0 unspecified atom stereocenters. The van der Waals surface area contributed by atoms with Crippen LogP contribution in [0.5, 0.6) is 0 Å². The van der Waals surface area contributed by atoms with Crippen molar-refractivity contribution in [2.75, 3.05) is 13.1 Å². The minimum absolute atomic E-state index is 0.963. The van der Waals surface area contributed by atoms with E-state index in [9.17, 15) is 0 Å². The Labute approximate surface area is 55.5 Å². The van der Waals surface area contributed by atoms with Crippen LogP contribution < -0.4 is 5.32 Å². The van der Waals surface area contributed by atoms with Gasteiger partial charge in [-0.05, 0) is 25.5 Å². The van der Waals surface area contributed by atoms with Gasteiger partial charge in [-0.3, -0.25) is 0 Å². The summed E-state index contributed by atoms with van der Waals surface area (Å²) in [7, 11) is 0. The predicted octanol–water partition coefficient (Wildman–Crippen LogP) is 0.946. The highest BCUT2D eigenvalue weighted by Crippen LogP contribution is 2.08. The maximum Gasteiger partial charge on any atom is 0.0210 e. The maximum atomic E-state index is 7.02. The van der Waals surface area contributed by atoms with Gasteiger partial charge in [0.1, 0.15) is 0 Å². The third kappa shape index (κ3) is 1.39. The Bertz CT molecular complexity index is 147. The first-order chi connectivity index (χ1) is 4.34. The average Bonchev–Trinajstić information content (AvgIpc) is 1.89. The first-order valence-electron chi connectivity index (χ1n) is 3.24. The number of hydrogen-bond acceptors (Lipinski definition) is 2. The standard InChI is InChI=1S/C7H12N2/c1-6-5-9-3-2-7(6)4-8/h4,8-9H,2-3,5H2,1H3. The summed E-state index contributed by atoms with van der Waals surface area (Å²) in [5, 5.41) is 10.3. The zero-order valence-electron chi connectivity index (χ0n) is 5.70. The summed E-state index contributed by atoms with van der Waals surface area (Å²) < 4.78 is 0. The lowest BCUT2D eigenvalue weighted by atomic mass is 10.0. The van der Waals surface area contributed by atoms with Crippen LogP contribution in [0, 0.1) is 5.41 Å². The molecule has 1 aliphatic heterocycles. The molecule has 9 heavy (non-hydrogen) atoms. The van der Waals surface area contributed by atoms with E-state index < -0.39 is 0 Å². The van der Waals surface area contributed by atoms with Crippen LogP contribution in [0.15, 0.2) is 11.1 Å². The van der Waals surface area contributed by atoms with Gasteiger partial charge in [-0.25, -0.2) is 0 Å². The van der Waals surface area contributed by atoms with Crippen molar-refractivity contribution < 1.29 is 0 Å². The van der Waals surface area contributed by atoms with Gasteiger partial charge in [0, 0.05) is 12.8 Å². The Hall–Kier alpha value is -0.630. The largest absolute Gasteiger partial charge is 0.313 e. The molecular weight excluding hydrogens is 112 g/mol. The number of hydrogen-bond donors (Lipinski definition) is 2. The van der Waals surface area contributed by atoms with Crippen molar-refractivity contribution in [1.82, 2.24) is 5.32 Å². The molecule has 0 saturated carbocycles. The van der Waals surface area contributed by atoms with Gasteiger partial charge in [0.15, 0.2) is 0 Å². The SMILES string of the molecule is CC1=C(C=N)CCNC1. The molecule has 1 heterocycles. The molecular formula is C7H12N2. The van der Waals surface area contributed by atoms with Crippen LogP contribution in [0.1, 0.15) is 13.3 Å². The van der Waals surface area contributed by atoms with Crippen LogP contribution >= 0.6 is 0 Å². The fraction of sp³-hybridized carbons (Fsp3) is 0.571. The molecule has 2 N–H and O–H groups in total. The second-order valence-corrected chi connectivity index (χ2v) is 2.38. The molecule has 1 rings (SSSR count). The van der Waals surface area contributed by atoms with Crippen LogP contribution in [0.25, 0.3) is 0 Å². The normalized spacial score (nSPS) is 20.1. The van der Waals surface area contributed by atoms with E-state index in [0.29, 0.717) is 0 Å².